The number of nitrogens with two attached hydrogens (primary N) is 1. The van der Waals surface area contributed by atoms with Crippen LogP contribution < -0.4 is 5.73 Å². The van der Waals surface area contributed by atoms with Gasteiger partial charge in [0.05, 0.1) is 6.20 Å². The molecular formula is C7H14ClN3. The molecular weight excluding hydrogens is 162 g/mol. The molecule has 0 aliphatic carbocycles. The van der Waals surface area contributed by atoms with Crippen LogP contribution in [0.15, 0.2) is 12.4 Å². The highest BCUT2D eigenvalue weighted by atomic mass is 35.5. The van der Waals surface area contributed by atoms with Crippen molar-refractivity contribution >= 4 is 12.4 Å². The van der Waals surface area contributed by atoms with Gasteiger partial charge in [-0.1, -0.05) is 6.92 Å². The molecule has 3 nitrogen and oxygen atoms in total. The molecule has 4 heteroatoms. The SMILES string of the molecule is CCC(N)c1cnn(C)c1.Cl. The van der Waals surface area contributed by atoms with Crippen LogP contribution in [-0.4, -0.2) is 9.78 Å². The van der Waals surface area contributed by atoms with Crippen molar-refractivity contribution in [2.45, 2.75) is 19.4 Å². The fraction of sp³-hybridized carbons (Fsp3) is 0.571. The first-order chi connectivity index (χ1) is 4.74. The van der Waals surface area contributed by atoms with Crippen LogP contribution >= 0.6 is 12.4 Å². The third kappa shape index (κ3) is 2.52. The van der Waals surface area contributed by atoms with Gasteiger partial charge in [0.1, 0.15) is 0 Å². The van der Waals surface area contributed by atoms with E-state index < -0.39 is 0 Å². The van der Waals surface area contributed by atoms with Crippen LogP contribution in [0.25, 0.3) is 0 Å². The molecule has 64 valence electrons. The van der Waals surface area contributed by atoms with Crippen molar-refractivity contribution in [1.29, 1.82) is 0 Å². The van der Waals surface area contributed by atoms with E-state index in [1.54, 1.807) is 4.68 Å². The first-order valence-corrected chi connectivity index (χ1v) is 3.48. The predicted molar refractivity (Wildman–Crippen MR) is 47.7 cm³/mol. The van der Waals surface area contributed by atoms with Gasteiger partial charge in [-0.2, -0.15) is 5.10 Å². The Labute approximate surface area is 73.0 Å². The van der Waals surface area contributed by atoms with Crippen LogP contribution in [-0.2, 0) is 7.05 Å². The summed E-state index contributed by atoms with van der Waals surface area (Å²) >= 11 is 0. The monoisotopic (exact) mass is 175 g/mol. The minimum atomic E-state index is 0. The molecule has 1 heterocycles. The van der Waals surface area contributed by atoms with Crippen molar-refractivity contribution < 1.29 is 0 Å². The van der Waals surface area contributed by atoms with Gasteiger partial charge in [0.25, 0.3) is 0 Å². The number of nitrogens with zero attached hydrogens (tertiary/aromatic N) is 2. The van der Waals surface area contributed by atoms with Crippen molar-refractivity contribution in [3.63, 3.8) is 0 Å². The van der Waals surface area contributed by atoms with Gasteiger partial charge in [0.15, 0.2) is 0 Å². The molecule has 0 spiro atoms. The van der Waals surface area contributed by atoms with Crippen LogP contribution in [0.3, 0.4) is 0 Å². The molecule has 1 aromatic rings. The summed E-state index contributed by atoms with van der Waals surface area (Å²) in [7, 11) is 1.89. The standard InChI is InChI=1S/C7H13N3.ClH/c1-3-7(8)6-4-9-10(2)5-6;/h4-5,7H,3,8H2,1-2H3;1H. The molecule has 1 rings (SSSR count). The van der Waals surface area contributed by atoms with Gasteiger partial charge < -0.3 is 5.73 Å². The van der Waals surface area contributed by atoms with Gasteiger partial charge >= 0.3 is 0 Å². The Kier molecular flexibility index (Phi) is 4.15. The lowest BCUT2D eigenvalue weighted by Gasteiger charge is -2.02. The van der Waals surface area contributed by atoms with E-state index in [9.17, 15) is 0 Å². The zero-order valence-corrected chi connectivity index (χ0v) is 7.64. The topological polar surface area (TPSA) is 43.8 Å². The minimum Gasteiger partial charge on any atom is -0.324 e. The van der Waals surface area contributed by atoms with E-state index in [1.165, 1.54) is 0 Å². The molecule has 0 bridgehead atoms. The summed E-state index contributed by atoms with van der Waals surface area (Å²) < 4.78 is 1.77. The second-order valence-corrected chi connectivity index (χ2v) is 2.46. The van der Waals surface area contributed by atoms with Crippen molar-refractivity contribution in [3.05, 3.63) is 18.0 Å². The van der Waals surface area contributed by atoms with Crippen LogP contribution in [0.2, 0.25) is 0 Å². The lowest BCUT2D eigenvalue weighted by atomic mass is 10.1. The van der Waals surface area contributed by atoms with Crippen LogP contribution in [0.1, 0.15) is 24.9 Å². The maximum absolute atomic E-state index is 5.75. The van der Waals surface area contributed by atoms with E-state index in [0.29, 0.717) is 0 Å². The normalized spacial score (nSPS) is 12.3. The lowest BCUT2D eigenvalue weighted by Crippen LogP contribution is -2.07. The summed E-state index contributed by atoms with van der Waals surface area (Å²) in [5.74, 6) is 0. The molecule has 1 atom stereocenters. The second-order valence-electron chi connectivity index (χ2n) is 2.46. The number of halogens is 1. The summed E-state index contributed by atoms with van der Waals surface area (Å²) in [6, 6.07) is 0.147. The van der Waals surface area contributed by atoms with E-state index in [4.69, 9.17) is 5.73 Å². The summed E-state index contributed by atoms with van der Waals surface area (Å²) in [5.41, 5.74) is 6.87. The molecule has 1 unspecified atom stereocenters. The van der Waals surface area contributed by atoms with Crippen molar-refractivity contribution in [2.24, 2.45) is 12.8 Å². The van der Waals surface area contributed by atoms with Gasteiger partial charge in [0.2, 0.25) is 0 Å². The van der Waals surface area contributed by atoms with Gasteiger partial charge in [0, 0.05) is 24.8 Å². The largest absolute Gasteiger partial charge is 0.324 e. The van der Waals surface area contributed by atoms with Crippen LogP contribution in [0.5, 0.6) is 0 Å². The Morgan fingerprint density at radius 3 is 2.73 bits per heavy atom. The summed E-state index contributed by atoms with van der Waals surface area (Å²) in [6.45, 7) is 2.07. The van der Waals surface area contributed by atoms with E-state index in [1.807, 2.05) is 19.4 Å². The maximum atomic E-state index is 5.75. The number of hydrogen-bond donors (Lipinski definition) is 1. The Morgan fingerprint density at radius 1 is 1.73 bits per heavy atom. The van der Waals surface area contributed by atoms with Gasteiger partial charge in [-0.05, 0) is 6.42 Å². The number of aromatic nitrogens is 2. The third-order valence-electron chi connectivity index (χ3n) is 1.59. The molecule has 0 saturated carbocycles. The first kappa shape index (κ1) is 10.5. The summed E-state index contributed by atoms with van der Waals surface area (Å²) in [6.07, 6.45) is 4.73. The molecule has 2 N–H and O–H groups in total. The number of aryl methyl sites for hydroxylation is 1. The predicted octanol–water partition coefficient (Wildman–Crippen LogP) is 1.25. The van der Waals surface area contributed by atoms with E-state index >= 15 is 0 Å². The molecule has 0 aliphatic rings. The Hall–Kier alpha value is -0.540. The maximum Gasteiger partial charge on any atom is 0.0537 e. The van der Waals surface area contributed by atoms with Gasteiger partial charge in [-0.3, -0.25) is 4.68 Å². The Bertz CT molecular complexity index is 209. The molecule has 0 amide bonds. The van der Waals surface area contributed by atoms with Crippen LogP contribution in [0.4, 0.5) is 0 Å². The van der Waals surface area contributed by atoms with Gasteiger partial charge in [-0.15, -0.1) is 12.4 Å². The zero-order chi connectivity index (χ0) is 7.56. The smallest absolute Gasteiger partial charge is 0.0537 e. The number of hydrogen-bond acceptors (Lipinski definition) is 2. The van der Waals surface area contributed by atoms with E-state index in [-0.39, 0.29) is 18.4 Å². The average molecular weight is 176 g/mol. The van der Waals surface area contributed by atoms with E-state index in [0.717, 1.165) is 12.0 Å². The molecule has 0 saturated heterocycles. The van der Waals surface area contributed by atoms with Gasteiger partial charge in [-0.25, -0.2) is 0 Å². The second kappa shape index (κ2) is 4.36. The first-order valence-electron chi connectivity index (χ1n) is 3.48. The molecule has 0 aromatic carbocycles. The van der Waals surface area contributed by atoms with Crippen LogP contribution in [0, 0.1) is 0 Å². The highest BCUT2D eigenvalue weighted by Gasteiger charge is 2.03. The molecule has 1 aromatic heterocycles. The van der Waals surface area contributed by atoms with E-state index in [2.05, 4.69) is 12.0 Å². The average Bonchev–Trinajstić information content (AvgIpc) is 2.34. The minimum absolute atomic E-state index is 0. The molecule has 0 fully saturated rings. The number of rotatable bonds is 2. The zero-order valence-electron chi connectivity index (χ0n) is 6.82. The lowest BCUT2D eigenvalue weighted by molar-refractivity contribution is 0.696. The fourth-order valence-electron chi connectivity index (χ4n) is 0.867. The summed E-state index contributed by atoms with van der Waals surface area (Å²) in [4.78, 5) is 0. The molecule has 0 radical (unpaired) electrons. The van der Waals surface area contributed by atoms with Crippen molar-refractivity contribution in [2.75, 3.05) is 0 Å². The highest BCUT2D eigenvalue weighted by molar-refractivity contribution is 5.85. The fourth-order valence-corrected chi connectivity index (χ4v) is 0.867. The Balaban J connectivity index is 0.000001000. The van der Waals surface area contributed by atoms with Crippen molar-refractivity contribution in [3.8, 4) is 0 Å². The molecule has 0 aliphatic heterocycles. The molecule has 11 heavy (non-hydrogen) atoms. The Morgan fingerprint density at radius 2 is 2.36 bits per heavy atom. The highest BCUT2D eigenvalue weighted by Crippen LogP contribution is 2.10. The summed E-state index contributed by atoms with van der Waals surface area (Å²) in [5, 5.41) is 4.02. The third-order valence-corrected chi connectivity index (χ3v) is 1.59. The quantitative estimate of drug-likeness (QED) is 0.736. The van der Waals surface area contributed by atoms with Crippen molar-refractivity contribution in [1.82, 2.24) is 9.78 Å².